The summed E-state index contributed by atoms with van der Waals surface area (Å²) < 4.78 is 75.9. The average molecular weight is 444 g/mol. The molecule has 3 N–H and O–H groups in total. The van der Waals surface area contributed by atoms with E-state index in [0.717, 1.165) is 11.6 Å². The van der Waals surface area contributed by atoms with Crippen molar-refractivity contribution in [3.05, 3.63) is 36.0 Å². The zero-order valence-corrected chi connectivity index (χ0v) is 17.1. The number of rotatable bonds is 8. The Labute approximate surface area is 172 Å². The average Bonchev–Trinajstić information content (AvgIpc) is 2.54. The van der Waals surface area contributed by atoms with Gasteiger partial charge in [0.25, 0.3) is 5.60 Å². The highest BCUT2D eigenvalue weighted by Crippen LogP contribution is 2.44. The number of allylic oxidation sites excluding steroid dienone is 4. The van der Waals surface area contributed by atoms with E-state index in [1.54, 1.807) is 13.8 Å². The minimum atomic E-state index is -5.85. The van der Waals surface area contributed by atoms with Crippen LogP contribution in [0.4, 0.5) is 26.3 Å². The van der Waals surface area contributed by atoms with Crippen LogP contribution in [0.2, 0.25) is 0 Å². The Morgan fingerprint density at radius 3 is 1.97 bits per heavy atom. The molecular weight excluding hydrogens is 414 g/mol. The molecule has 0 aromatic rings. The molecule has 1 aliphatic carbocycles. The normalized spacial score (nSPS) is 22.3. The first-order valence-corrected chi connectivity index (χ1v) is 9.81. The molecule has 0 unspecified atom stereocenters. The maximum atomic E-state index is 12.7. The summed E-state index contributed by atoms with van der Waals surface area (Å²) in [6.07, 6.45) is -3.47. The molecule has 2 atom stereocenters. The lowest BCUT2D eigenvalue weighted by Crippen LogP contribution is -2.55. The number of hydrogen-bond donors (Lipinski definition) is 3. The van der Waals surface area contributed by atoms with Crippen LogP contribution in [-0.2, 0) is 0 Å². The Morgan fingerprint density at radius 2 is 1.47 bits per heavy atom. The first kappa shape index (κ1) is 26.7. The Morgan fingerprint density at radius 1 is 0.933 bits per heavy atom. The molecule has 174 valence electrons. The molecule has 1 rings (SSSR count). The molecule has 30 heavy (non-hydrogen) atoms. The molecule has 3 nitrogen and oxygen atoms in total. The molecule has 1 saturated carbocycles. The second kappa shape index (κ2) is 10.3. The van der Waals surface area contributed by atoms with Gasteiger partial charge in [-0.3, -0.25) is 0 Å². The van der Waals surface area contributed by atoms with Crippen molar-refractivity contribution < 1.29 is 41.7 Å². The lowest BCUT2D eigenvalue weighted by Gasteiger charge is -2.30. The van der Waals surface area contributed by atoms with E-state index in [9.17, 15) is 36.6 Å². The van der Waals surface area contributed by atoms with Crippen molar-refractivity contribution in [2.75, 3.05) is 0 Å². The second-order valence-electron chi connectivity index (χ2n) is 8.63. The highest BCUT2D eigenvalue weighted by Gasteiger charge is 2.68. The van der Waals surface area contributed by atoms with Crippen LogP contribution in [-0.4, -0.2) is 45.5 Å². The minimum absolute atomic E-state index is 0.0506. The SMILES string of the molecule is CC(C)(C/C=C/C(O)(C(F)(F)F)C(F)(F)F)CCC/C=C/C=C1C[C@@H](O)C[C@H](O)C1. The third-order valence-corrected chi connectivity index (χ3v) is 5.13. The van der Waals surface area contributed by atoms with Crippen LogP contribution in [0.25, 0.3) is 0 Å². The Kier molecular flexibility index (Phi) is 9.20. The number of unbranched alkanes of at least 4 members (excludes halogenated alkanes) is 1. The van der Waals surface area contributed by atoms with Crippen LogP contribution in [0.1, 0.15) is 58.8 Å². The van der Waals surface area contributed by atoms with Crippen LogP contribution in [0.15, 0.2) is 36.0 Å². The molecule has 0 saturated heterocycles. The largest absolute Gasteiger partial charge is 0.429 e. The number of aliphatic hydroxyl groups excluding tert-OH is 2. The summed E-state index contributed by atoms with van der Waals surface area (Å²) in [5, 5.41) is 28.4. The first-order valence-electron chi connectivity index (χ1n) is 9.81. The summed E-state index contributed by atoms with van der Waals surface area (Å²) in [4.78, 5) is 0. The van der Waals surface area contributed by atoms with Crippen molar-refractivity contribution in [3.8, 4) is 0 Å². The molecular formula is C21H30F6O3. The van der Waals surface area contributed by atoms with Gasteiger partial charge in [0.2, 0.25) is 0 Å². The summed E-state index contributed by atoms with van der Waals surface area (Å²) in [6, 6.07) is 0. The Bertz CT molecular complexity index is 606. The van der Waals surface area contributed by atoms with Crippen molar-refractivity contribution in [1.82, 2.24) is 0 Å². The summed E-state index contributed by atoms with van der Waals surface area (Å²) in [7, 11) is 0. The smallest absolute Gasteiger partial charge is 0.393 e. The number of halogens is 6. The van der Waals surface area contributed by atoms with Crippen molar-refractivity contribution >= 4 is 0 Å². The summed E-state index contributed by atoms with van der Waals surface area (Å²) >= 11 is 0. The van der Waals surface area contributed by atoms with E-state index < -0.39 is 35.6 Å². The second-order valence-corrected chi connectivity index (χ2v) is 8.63. The highest BCUT2D eigenvalue weighted by atomic mass is 19.4. The van der Waals surface area contributed by atoms with E-state index in [-0.39, 0.29) is 12.5 Å². The fraction of sp³-hybridized carbons (Fsp3) is 0.714. The van der Waals surface area contributed by atoms with Gasteiger partial charge in [-0.05, 0) is 56.4 Å². The van der Waals surface area contributed by atoms with Crippen LogP contribution < -0.4 is 0 Å². The predicted octanol–water partition coefficient (Wildman–Crippen LogP) is 5.37. The molecule has 0 aliphatic heterocycles. The third-order valence-electron chi connectivity index (χ3n) is 5.13. The standard InChI is InChI=1S/C21H30F6O3/c1-18(2,10-7-11-19(30,20(22,23)24)21(25,26)27)9-6-4-3-5-8-15-12-16(28)14-17(29)13-15/h3,5,7-8,11,16-17,28-30H,4,6,9-10,12-14H2,1-2H3/b5-3+,11-7+/t16-,17-/m1/s1. The fourth-order valence-electron chi connectivity index (χ4n) is 3.30. The van der Waals surface area contributed by atoms with E-state index in [1.165, 1.54) is 0 Å². The van der Waals surface area contributed by atoms with Crippen molar-refractivity contribution in [3.63, 3.8) is 0 Å². The van der Waals surface area contributed by atoms with E-state index >= 15 is 0 Å². The monoisotopic (exact) mass is 444 g/mol. The van der Waals surface area contributed by atoms with E-state index in [1.807, 2.05) is 18.2 Å². The zero-order chi connectivity index (χ0) is 23.2. The molecule has 0 amide bonds. The van der Waals surface area contributed by atoms with Crippen molar-refractivity contribution in [2.45, 2.75) is 89.0 Å². The summed E-state index contributed by atoms with van der Waals surface area (Å²) in [5.74, 6) is 0. The van der Waals surface area contributed by atoms with Crippen molar-refractivity contribution in [2.24, 2.45) is 5.41 Å². The topological polar surface area (TPSA) is 60.7 Å². The molecule has 0 aromatic carbocycles. The van der Waals surface area contributed by atoms with Gasteiger partial charge in [0.1, 0.15) is 0 Å². The van der Waals surface area contributed by atoms with Crippen LogP contribution in [0.3, 0.4) is 0 Å². The van der Waals surface area contributed by atoms with Gasteiger partial charge in [-0.2, -0.15) is 26.3 Å². The van der Waals surface area contributed by atoms with Gasteiger partial charge < -0.3 is 15.3 Å². The van der Waals surface area contributed by atoms with Gasteiger partial charge in [0.15, 0.2) is 0 Å². The minimum Gasteiger partial charge on any atom is -0.393 e. The van der Waals surface area contributed by atoms with Gasteiger partial charge in [-0.15, -0.1) is 0 Å². The van der Waals surface area contributed by atoms with E-state index in [4.69, 9.17) is 5.11 Å². The predicted molar refractivity (Wildman–Crippen MR) is 102 cm³/mol. The summed E-state index contributed by atoms with van der Waals surface area (Å²) in [5.41, 5.74) is -4.45. The van der Waals surface area contributed by atoms with Crippen LogP contribution in [0.5, 0.6) is 0 Å². The van der Waals surface area contributed by atoms with E-state index in [2.05, 4.69) is 0 Å². The van der Waals surface area contributed by atoms with Gasteiger partial charge in [0, 0.05) is 0 Å². The highest BCUT2D eigenvalue weighted by molar-refractivity contribution is 5.16. The summed E-state index contributed by atoms with van der Waals surface area (Å²) in [6.45, 7) is 3.46. The Balaban J connectivity index is 2.51. The molecule has 1 aliphatic rings. The maximum Gasteiger partial charge on any atom is 0.429 e. The first-order chi connectivity index (χ1) is 13.6. The van der Waals surface area contributed by atoms with Crippen LogP contribution >= 0.6 is 0 Å². The lowest BCUT2D eigenvalue weighted by atomic mass is 9.83. The third kappa shape index (κ3) is 8.07. The Hall–Kier alpha value is -1.32. The molecule has 0 radical (unpaired) electrons. The van der Waals surface area contributed by atoms with Gasteiger partial charge in [0.05, 0.1) is 12.2 Å². The maximum absolute atomic E-state index is 12.7. The van der Waals surface area contributed by atoms with Crippen LogP contribution in [0, 0.1) is 5.41 Å². The molecule has 0 heterocycles. The lowest BCUT2D eigenvalue weighted by molar-refractivity contribution is -0.347. The zero-order valence-electron chi connectivity index (χ0n) is 17.1. The number of aliphatic hydroxyl groups is 3. The van der Waals surface area contributed by atoms with E-state index in [0.29, 0.717) is 38.5 Å². The molecule has 0 spiro atoms. The fourth-order valence-corrected chi connectivity index (χ4v) is 3.30. The molecule has 9 heteroatoms. The molecule has 1 fully saturated rings. The molecule has 0 aromatic heterocycles. The number of alkyl halides is 6. The van der Waals surface area contributed by atoms with Gasteiger partial charge in [-0.25, -0.2) is 0 Å². The quantitative estimate of drug-likeness (QED) is 0.268. The van der Waals surface area contributed by atoms with Gasteiger partial charge in [-0.1, -0.05) is 43.7 Å². The van der Waals surface area contributed by atoms with Crippen molar-refractivity contribution in [1.29, 1.82) is 0 Å². The number of hydrogen-bond acceptors (Lipinski definition) is 3. The van der Waals surface area contributed by atoms with Gasteiger partial charge >= 0.3 is 12.4 Å². The molecule has 0 bridgehead atoms.